The average molecular weight is 364 g/mol. The highest BCUT2D eigenvalue weighted by molar-refractivity contribution is 5.86. The Morgan fingerprint density at radius 2 is 1.69 bits per heavy atom. The third kappa shape index (κ3) is 8.50. The quantitative estimate of drug-likeness (QED) is 0.512. The first-order chi connectivity index (χ1) is 12.2. The number of nitrogens with one attached hydrogen (secondary N) is 2. The van der Waals surface area contributed by atoms with Crippen molar-refractivity contribution < 1.29 is 23.9 Å². The van der Waals surface area contributed by atoms with E-state index in [0.717, 1.165) is 5.75 Å². The first-order valence-electron chi connectivity index (χ1n) is 8.58. The molecule has 2 N–H and O–H groups in total. The van der Waals surface area contributed by atoms with Gasteiger partial charge in [0.25, 0.3) is 5.91 Å². The average Bonchev–Trinajstić information content (AvgIpc) is 2.61. The maximum Gasteiger partial charge on any atom is 0.306 e. The number of carbonyl (C=O) groups is 3. The zero-order chi connectivity index (χ0) is 19.6. The largest absolute Gasteiger partial charge is 0.494 e. The van der Waals surface area contributed by atoms with Crippen molar-refractivity contribution in [1.29, 1.82) is 0 Å². The molecule has 0 fully saturated rings. The summed E-state index contributed by atoms with van der Waals surface area (Å²) in [5.74, 6) is -0.568. The fourth-order valence-electron chi connectivity index (χ4n) is 1.99. The lowest BCUT2D eigenvalue weighted by Crippen LogP contribution is -2.37. The third-order valence-corrected chi connectivity index (χ3v) is 3.60. The molecule has 0 spiro atoms. The first kappa shape index (κ1) is 21.5. The van der Waals surface area contributed by atoms with Gasteiger partial charge in [0.2, 0.25) is 5.91 Å². The summed E-state index contributed by atoms with van der Waals surface area (Å²) >= 11 is 0. The van der Waals surface area contributed by atoms with Crippen LogP contribution in [0.4, 0.5) is 0 Å². The van der Waals surface area contributed by atoms with Gasteiger partial charge >= 0.3 is 5.97 Å². The van der Waals surface area contributed by atoms with Gasteiger partial charge in [-0.1, -0.05) is 32.9 Å². The van der Waals surface area contributed by atoms with Crippen LogP contribution in [0, 0.1) is 0 Å². The zero-order valence-corrected chi connectivity index (χ0v) is 15.9. The molecule has 0 aromatic heterocycles. The standard InChI is InChI=1S/C19H28N2O5/c1-19(2,3)14-7-9-15(10-8-14)25-11-5-6-18(24)26-13-17(23)21-12-16(22)20-4/h7-10H,5-6,11-13H2,1-4H3,(H,20,22)(H,21,23). The van der Waals surface area contributed by atoms with E-state index >= 15 is 0 Å². The van der Waals surface area contributed by atoms with Crippen molar-refractivity contribution >= 4 is 17.8 Å². The molecule has 144 valence electrons. The molecule has 1 rings (SSSR count). The van der Waals surface area contributed by atoms with E-state index in [1.165, 1.54) is 12.6 Å². The normalized spacial score (nSPS) is 10.8. The second-order valence-electron chi connectivity index (χ2n) is 6.84. The predicted octanol–water partition coefficient (Wildman–Crippen LogP) is 1.55. The number of esters is 1. The minimum absolute atomic E-state index is 0.0922. The van der Waals surface area contributed by atoms with E-state index in [1.54, 1.807) is 0 Å². The smallest absolute Gasteiger partial charge is 0.306 e. The van der Waals surface area contributed by atoms with Gasteiger partial charge in [-0.25, -0.2) is 0 Å². The molecule has 26 heavy (non-hydrogen) atoms. The third-order valence-electron chi connectivity index (χ3n) is 3.60. The molecule has 0 bridgehead atoms. The molecule has 2 amide bonds. The van der Waals surface area contributed by atoms with Gasteiger partial charge in [-0.3, -0.25) is 14.4 Å². The highest BCUT2D eigenvalue weighted by Gasteiger charge is 2.13. The van der Waals surface area contributed by atoms with Crippen LogP contribution in [0.2, 0.25) is 0 Å². The van der Waals surface area contributed by atoms with Crippen molar-refractivity contribution in [3.8, 4) is 5.75 Å². The van der Waals surface area contributed by atoms with E-state index in [-0.39, 0.29) is 24.3 Å². The Morgan fingerprint density at radius 3 is 2.27 bits per heavy atom. The zero-order valence-electron chi connectivity index (χ0n) is 15.9. The molecule has 0 aliphatic carbocycles. The van der Waals surface area contributed by atoms with Crippen molar-refractivity contribution in [2.75, 3.05) is 26.8 Å². The van der Waals surface area contributed by atoms with Crippen LogP contribution >= 0.6 is 0 Å². The summed E-state index contributed by atoms with van der Waals surface area (Å²) in [5.41, 5.74) is 1.32. The summed E-state index contributed by atoms with van der Waals surface area (Å²) in [4.78, 5) is 33.9. The van der Waals surface area contributed by atoms with Crippen molar-refractivity contribution in [2.45, 2.75) is 39.0 Å². The molecule has 1 aromatic rings. The lowest BCUT2D eigenvalue weighted by molar-refractivity contribution is -0.148. The van der Waals surface area contributed by atoms with Crippen molar-refractivity contribution in [3.63, 3.8) is 0 Å². The van der Waals surface area contributed by atoms with E-state index in [9.17, 15) is 14.4 Å². The van der Waals surface area contributed by atoms with Crippen LogP contribution in [0.5, 0.6) is 5.75 Å². The fraction of sp³-hybridized carbons (Fsp3) is 0.526. The molecular formula is C19H28N2O5. The molecule has 0 saturated carbocycles. The Kier molecular flexibility index (Phi) is 8.61. The van der Waals surface area contributed by atoms with Gasteiger partial charge in [0.05, 0.1) is 13.2 Å². The maximum absolute atomic E-state index is 11.6. The van der Waals surface area contributed by atoms with Gasteiger partial charge in [-0.15, -0.1) is 0 Å². The van der Waals surface area contributed by atoms with E-state index in [0.29, 0.717) is 13.0 Å². The number of amides is 2. The van der Waals surface area contributed by atoms with Gasteiger partial charge < -0.3 is 20.1 Å². The lowest BCUT2D eigenvalue weighted by atomic mass is 9.87. The van der Waals surface area contributed by atoms with E-state index < -0.39 is 18.5 Å². The van der Waals surface area contributed by atoms with Crippen LogP contribution in [0.1, 0.15) is 39.2 Å². The number of carbonyl (C=O) groups excluding carboxylic acids is 3. The number of hydrogen-bond acceptors (Lipinski definition) is 5. The van der Waals surface area contributed by atoms with Crippen LogP contribution < -0.4 is 15.4 Å². The van der Waals surface area contributed by atoms with Crippen molar-refractivity contribution in [1.82, 2.24) is 10.6 Å². The summed E-state index contributed by atoms with van der Waals surface area (Å²) in [7, 11) is 1.47. The summed E-state index contributed by atoms with van der Waals surface area (Å²) in [6.45, 7) is 6.28. The van der Waals surface area contributed by atoms with E-state index in [1.807, 2.05) is 24.3 Å². The summed E-state index contributed by atoms with van der Waals surface area (Å²) in [6.07, 6.45) is 0.641. The molecule has 0 radical (unpaired) electrons. The Morgan fingerprint density at radius 1 is 1.04 bits per heavy atom. The molecule has 0 aliphatic rings. The molecular weight excluding hydrogens is 336 g/mol. The van der Waals surface area contributed by atoms with Gasteiger partial charge in [0.15, 0.2) is 6.61 Å². The highest BCUT2D eigenvalue weighted by atomic mass is 16.5. The Balaban J connectivity index is 2.18. The van der Waals surface area contributed by atoms with Crippen LogP contribution in [0.3, 0.4) is 0 Å². The molecule has 0 aliphatic heterocycles. The number of benzene rings is 1. The summed E-state index contributed by atoms with van der Waals surface area (Å²) in [6, 6.07) is 7.88. The molecule has 1 aromatic carbocycles. The highest BCUT2D eigenvalue weighted by Crippen LogP contribution is 2.24. The number of likely N-dealkylation sites (N-methyl/N-ethyl adjacent to an activating group) is 1. The van der Waals surface area contributed by atoms with Crippen LogP contribution in [-0.4, -0.2) is 44.6 Å². The fourth-order valence-corrected chi connectivity index (χ4v) is 1.99. The first-order valence-corrected chi connectivity index (χ1v) is 8.58. The predicted molar refractivity (Wildman–Crippen MR) is 97.9 cm³/mol. The molecule has 7 nitrogen and oxygen atoms in total. The minimum Gasteiger partial charge on any atom is -0.494 e. The minimum atomic E-state index is -0.517. The lowest BCUT2D eigenvalue weighted by Gasteiger charge is -2.19. The van der Waals surface area contributed by atoms with Gasteiger partial charge in [0.1, 0.15) is 5.75 Å². The van der Waals surface area contributed by atoms with Gasteiger partial charge in [-0.05, 0) is 29.5 Å². The number of rotatable bonds is 9. The van der Waals surface area contributed by atoms with Crippen LogP contribution in [0.25, 0.3) is 0 Å². The topological polar surface area (TPSA) is 93.7 Å². The SMILES string of the molecule is CNC(=O)CNC(=O)COC(=O)CCCOc1ccc(C(C)(C)C)cc1. The monoisotopic (exact) mass is 364 g/mol. The van der Waals surface area contributed by atoms with E-state index in [4.69, 9.17) is 9.47 Å². The molecule has 7 heteroatoms. The van der Waals surface area contributed by atoms with Gasteiger partial charge in [-0.2, -0.15) is 0 Å². The molecule has 0 saturated heterocycles. The van der Waals surface area contributed by atoms with Crippen LogP contribution in [-0.2, 0) is 24.5 Å². The number of ether oxygens (including phenoxy) is 2. The Labute approximate surface area is 154 Å². The van der Waals surface area contributed by atoms with Crippen LogP contribution in [0.15, 0.2) is 24.3 Å². The van der Waals surface area contributed by atoms with Gasteiger partial charge in [0, 0.05) is 13.5 Å². The van der Waals surface area contributed by atoms with Crippen molar-refractivity contribution in [3.05, 3.63) is 29.8 Å². The molecule has 0 heterocycles. The molecule has 0 atom stereocenters. The second-order valence-corrected chi connectivity index (χ2v) is 6.84. The number of hydrogen-bond donors (Lipinski definition) is 2. The van der Waals surface area contributed by atoms with E-state index in [2.05, 4.69) is 31.4 Å². The van der Waals surface area contributed by atoms with Crippen molar-refractivity contribution in [2.24, 2.45) is 0 Å². The summed E-state index contributed by atoms with van der Waals surface area (Å²) in [5, 5.41) is 4.71. The Bertz CT molecular complexity index is 605. The Hall–Kier alpha value is -2.57. The second kappa shape index (κ2) is 10.4. The summed E-state index contributed by atoms with van der Waals surface area (Å²) < 4.78 is 10.4. The maximum atomic E-state index is 11.6. The molecule has 0 unspecified atom stereocenters.